The van der Waals surface area contributed by atoms with Gasteiger partial charge in [0, 0.05) is 22.5 Å². The van der Waals surface area contributed by atoms with E-state index in [9.17, 15) is 4.79 Å². The summed E-state index contributed by atoms with van der Waals surface area (Å²) in [6, 6.07) is 7.25. The molecule has 3 rings (SSSR count). The molecule has 3 aromatic rings. The van der Waals surface area contributed by atoms with Gasteiger partial charge in [0.2, 0.25) is 0 Å². The number of carboxylic acids is 1. The number of aromatic carboxylic acids is 1. The lowest BCUT2D eigenvalue weighted by Gasteiger charge is -2.02. The number of fused-ring (bicyclic) bond motifs is 1. The summed E-state index contributed by atoms with van der Waals surface area (Å²) in [5.74, 6) is -0.970. The zero-order valence-electron chi connectivity index (χ0n) is 9.61. The van der Waals surface area contributed by atoms with E-state index >= 15 is 0 Å². The maximum Gasteiger partial charge on any atom is 0.337 e. The number of rotatable bonds is 3. The van der Waals surface area contributed by atoms with Crippen LogP contribution < -0.4 is 0 Å². The maximum absolute atomic E-state index is 10.8. The Morgan fingerprint density at radius 3 is 2.84 bits per heavy atom. The molecule has 1 N–H and O–H groups in total. The smallest absolute Gasteiger partial charge is 0.337 e. The van der Waals surface area contributed by atoms with Gasteiger partial charge in [0.15, 0.2) is 0 Å². The summed E-state index contributed by atoms with van der Waals surface area (Å²) in [6.45, 7) is 0. The summed E-state index contributed by atoms with van der Waals surface area (Å²) in [4.78, 5) is 19.2. The molecule has 0 atom stereocenters. The molecule has 3 heterocycles. The van der Waals surface area contributed by atoms with Crippen LogP contribution in [0.5, 0.6) is 0 Å². The first kappa shape index (κ1) is 12.1. The SMILES string of the molecule is O=C(O)c1ccc(Sc2nccc3sccc23)nc1. The van der Waals surface area contributed by atoms with E-state index in [-0.39, 0.29) is 5.56 Å². The molecule has 0 spiro atoms. The Kier molecular flexibility index (Phi) is 3.18. The van der Waals surface area contributed by atoms with Crippen molar-refractivity contribution in [2.75, 3.05) is 0 Å². The first-order valence-electron chi connectivity index (χ1n) is 5.43. The molecule has 94 valence electrons. The van der Waals surface area contributed by atoms with Crippen molar-refractivity contribution in [1.29, 1.82) is 0 Å². The summed E-state index contributed by atoms with van der Waals surface area (Å²) in [5, 5.41) is 13.6. The largest absolute Gasteiger partial charge is 0.478 e. The Labute approximate surface area is 117 Å². The molecule has 0 saturated carbocycles. The second kappa shape index (κ2) is 4.99. The topological polar surface area (TPSA) is 63.1 Å². The second-order valence-corrected chi connectivity index (χ2v) is 5.70. The molecule has 3 aromatic heterocycles. The first-order valence-corrected chi connectivity index (χ1v) is 7.13. The minimum absolute atomic E-state index is 0.186. The van der Waals surface area contributed by atoms with Crippen molar-refractivity contribution in [3.05, 3.63) is 47.6 Å². The van der Waals surface area contributed by atoms with Crippen molar-refractivity contribution < 1.29 is 9.90 Å². The Morgan fingerprint density at radius 1 is 1.21 bits per heavy atom. The Bertz CT molecular complexity index is 738. The summed E-state index contributed by atoms with van der Waals surface area (Å²) < 4.78 is 1.18. The van der Waals surface area contributed by atoms with Crippen LogP contribution in [0, 0.1) is 0 Å². The quantitative estimate of drug-likeness (QED) is 0.798. The fourth-order valence-electron chi connectivity index (χ4n) is 1.62. The number of aromatic nitrogens is 2. The first-order chi connectivity index (χ1) is 9.24. The number of pyridine rings is 2. The number of hydrogen-bond donors (Lipinski definition) is 1. The molecule has 0 aliphatic carbocycles. The van der Waals surface area contributed by atoms with Crippen LogP contribution in [-0.2, 0) is 0 Å². The highest BCUT2D eigenvalue weighted by atomic mass is 32.2. The van der Waals surface area contributed by atoms with Crippen LogP contribution in [0.4, 0.5) is 0 Å². The molecule has 4 nitrogen and oxygen atoms in total. The number of thiophene rings is 1. The molecular weight excluding hydrogens is 280 g/mol. The van der Waals surface area contributed by atoms with Crippen LogP contribution in [0.15, 0.2) is 52.1 Å². The van der Waals surface area contributed by atoms with Gasteiger partial charge in [0.25, 0.3) is 0 Å². The fraction of sp³-hybridized carbons (Fsp3) is 0. The van der Waals surface area contributed by atoms with Gasteiger partial charge in [-0.2, -0.15) is 0 Å². The van der Waals surface area contributed by atoms with E-state index in [1.807, 2.05) is 17.5 Å². The van der Waals surface area contributed by atoms with Gasteiger partial charge in [-0.25, -0.2) is 14.8 Å². The molecule has 0 unspecified atom stereocenters. The van der Waals surface area contributed by atoms with Crippen molar-refractivity contribution in [2.45, 2.75) is 10.1 Å². The van der Waals surface area contributed by atoms with Crippen LogP contribution in [0.3, 0.4) is 0 Å². The molecule has 19 heavy (non-hydrogen) atoms. The lowest BCUT2D eigenvalue weighted by Crippen LogP contribution is -1.96. The second-order valence-electron chi connectivity index (χ2n) is 3.74. The maximum atomic E-state index is 10.8. The number of carbonyl (C=O) groups is 1. The predicted octanol–water partition coefficient (Wildman–Crippen LogP) is 3.54. The molecule has 0 aliphatic rings. The van der Waals surface area contributed by atoms with Gasteiger partial charge in [-0.05, 0) is 41.4 Å². The number of nitrogens with zero attached hydrogens (tertiary/aromatic N) is 2. The summed E-state index contributed by atoms with van der Waals surface area (Å²) >= 11 is 3.10. The van der Waals surface area contributed by atoms with E-state index in [1.165, 1.54) is 22.7 Å². The van der Waals surface area contributed by atoms with E-state index < -0.39 is 5.97 Å². The molecule has 0 saturated heterocycles. The van der Waals surface area contributed by atoms with Crippen LogP contribution in [-0.4, -0.2) is 21.0 Å². The van der Waals surface area contributed by atoms with Gasteiger partial charge in [0.1, 0.15) is 10.1 Å². The monoisotopic (exact) mass is 288 g/mol. The van der Waals surface area contributed by atoms with Crippen molar-refractivity contribution in [3.8, 4) is 0 Å². The van der Waals surface area contributed by atoms with E-state index in [0.717, 1.165) is 15.4 Å². The lowest BCUT2D eigenvalue weighted by atomic mass is 10.3. The van der Waals surface area contributed by atoms with Gasteiger partial charge in [-0.3, -0.25) is 0 Å². The predicted molar refractivity (Wildman–Crippen MR) is 74.9 cm³/mol. The number of carboxylic acid groups (broad SMARTS) is 1. The zero-order valence-corrected chi connectivity index (χ0v) is 11.2. The molecule has 0 bridgehead atoms. The van der Waals surface area contributed by atoms with E-state index in [0.29, 0.717) is 0 Å². The molecule has 0 aliphatic heterocycles. The third-order valence-corrected chi connectivity index (χ3v) is 4.38. The normalized spacial score (nSPS) is 10.7. The highest BCUT2D eigenvalue weighted by Gasteiger charge is 2.08. The van der Waals surface area contributed by atoms with E-state index in [4.69, 9.17) is 5.11 Å². The standard InChI is InChI=1S/C13H8N2O2S2/c16-13(17)8-1-2-11(15-7-8)19-12-9-4-6-18-10(9)3-5-14-12/h1-7H,(H,16,17). The molecular formula is C13H8N2O2S2. The fourth-order valence-corrected chi connectivity index (χ4v) is 3.30. The van der Waals surface area contributed by atoms with E-state index in [1.54, 1.807) is 29.7 Å². The summed E-state index contributed by atoms with van der Waals surface area (Å²) in [6.07, 6.45) is 3.13. The minimum Gasteiger partial charge on any atom is -0.478 e. The van der Waals surface area contributed by atoms with Crippen LogP contribution in [0.25, 0.3) is 10.1 Å². The molecule has 0 amide bonds. The van der Waals surface area contributed by atoms with Crippen molar-refractivity contribution >= 4 is 39.2 Å². The summed E-state index contributed by atoms with van der Waals surface area (Å²) in [5.41, 5.74) is 0.186. The average molecular weight is 288 g/mol. The Balaban J connectivity index is 1.92. The minimum atomic E-state index is -0.970. The number of hydrogen-bond acceptors (Lipinski definition) is 5. The van der Waals surface area contributed by atoms with Gasteiger partial charge < -0.3 is 5.11 Å². The average Bonchev–Trinajstić information content (AvgIpc) is 2.89. The third-order valence-electron chi connectivity index (χ3n) is 2.53. The Morgan fingerprint density at radius 2 is 2.11 bits per heavy atom. The molecule has 0 fully saturated rings. The summed E-state index contributed by atoms with van der Waals surface area (Å²) in [7, 11) is 0. The third kappa shape index (κ3) is 2.45. The lowest BCUT2D eigenvalue weighted by molar-refractivity contribution is 0.0696. The molecule has 6 heteroatoms. The van der Waals surface area contributed by atoms with Gasteiger partial charge in [-0.1, -0.05) is 0 Å². The highest BCUT2D eigenvalue weighted by Crippen LogP contribution is 2.32. The van der Waals surface area contributed by atoms with Crippen molar-refractivity contribution in [2.24, 2.45) is 0 Å². The molecule has 0 radical (unpaired) electrons. The molecule has 0 aromatic carbocycles. The van der Waals surface area contributed by atoms with Gasteiger partial charge in [0.05, 0.1) is 5.56 Å². The highest BCUT2D eigenvalue weighted by molar-refractivity contribution is 7.99. The zero-order chi connectivity index (χ0) is 13.2. The van der Waals surface area contributed by atoms with Crippen LogP contribution in [0.2, 0.25) is 0 Å². The van der Waals surface area contributed by atoms with Crippen molar-refractivity contribution in [3.63, 3.8) is 0 Å². The van der Waals surface area contributed by atoms with Crippen molar-refractivity contribution in [1.82, 2.24) is 9.97 Å². The van der Waals surface area contributed by atoms with Gasteiger partial charge in [-0.15, -0.1) is 11.3 Å². The van der Waals surface area contributed by atoms with Crippen LogP contribution >= 0.6 is 23.1 Å². The van der Waals surface area contributed by atoms with E-state index in [2.05, 4.69) is 9.97 Å². The Hall–Kier alpha value is -1.92. The van der Waals surface area contributed by atoms with Crippen LogP contribution in [0.1, 0.15) is 10.4 Å². The van der Waals surface area contributed by atoms with Gasteiger partial charge >= 0.3 is 5.97 Å².